The van der Waals surface area contributed by atoms with E-state index in [-0.39, 0.29) is 11.9 Å². The molecule has 1 amide bonds. The Morgan fingerprint density at radius 1 is 1.29 bits per heavy atom. The molecule has 0 aliphatic carbocycles. The SMILES string of the molecule is CCCNC(C)C(=O)N(CC)c1ccccc1. The molecule has 94 valence electrons. The number of amides is 1. The van der Waals surface area contributed by atoms with Crippen molar-refractivity contribution in [1.82, 2.24) is 5.32 Å². The minimum absolute atomic E-state index is 0.130. The van der Waals surface area contributed by atoms with E-state index in [1.165, 1.54) is 0 Å². The fraction of sp³-hybridized carbons (Fsp3) is 0.500. The number of benzene rings is 1. The zero-order valence-electron chi connectivity index (χ0n) is 10.9. The molecule has 0 bridgehead atoms. The van der Waals surface area contributed by atoms with E-state index in [0.717, 1.165) is 18.7 Å². The Bertz CT molecular complexity index is 337. The lowest BCUT2D eigenvalue weighted by Crippen LogP contribution is -2.45. The maximum Gasteiger partial charge on any atom is 0.243 e. The molecular weight excluding hydrogens is 212 g/mol. The quantitative estimate of drug-likeness (QED) is 0.820. The molecule has 1 atom stereocenters. The molecule has 1 aromatic rings. The molecule has 0 spiro atoms. The standard InChI is InChI=1S/C14H22N2O/c1-4-11-15-12(3)14(17)16(5-2)13-9-7-6-8-10-13/h6-10,12,15H,4-5,11H2,1-3H3. The summed E-state index contributed by atoms with van der Waals surface area (Å²) in [6.45, 7) is 7.58. The lowest BCUT2D eigenvalue weighted by atomic mass is 10.2. The predicted molar refractivity (Wildman–Crippen MR) is 72.2 cm³/mol. The molecular formula is C14H22N2O. The van der Waals surface area contributed by atoms with Gasteiger partial charge < -0.3 is 10.2 Å². The molecule has 0 saturated heterocycles. The van der Waals surface area contributed by atoms with Crippen molar-refractivity contribution in [3.8, 4) is 0 Å². The van der Waals surface area contributed by atoms with Gasteiger partial charge in [-0.15, -0.1) is 0 Å². The number of hydrogen-bond donors (Lipinski definition) is 1. The van der Waals surface area contributed by atoms with Crippen molar-refractivity contribution in [2.75, 3.05) is 18.0 Å². The summed E-state index contributed by atoms with van der Waals surface area (Å²) >= 11 is 0. The van der Waals surface area contributed by atoms with Crippen molar-refractivity contribution < 1.29 is 4.79 Å². The van der Waals surface area contributed by atoms with E-state index in [4.69, 9.17) is 0 Å². The highest BCUT2D eigenvalue weighted by atomic mass is 16.2. The number of anilines is 1. The van der Waals surface area contributed by atoms with E-state index in [9.17, 15) is 4.79 Å². The van der Waals surface area contributed by atoms with Crippen LogP contribution in [0, 0.1) is 0 Å². The van der Waals surface area contributed by atoms with Crippen LogP contribution < -0.4 is 10.2 Å². The summed E-state index contributed by atoms with van der Waals surface area (Å²) in [5.41, 5.74) is 0.963. The predicted octanol–water partition coefficient (Wildman–Crippen LogP) is 2.43. The first kappa shape index (κ1) is 13.7. The van der Waals surface area contributed by atoms with Gasteiger partial charge in [-0.3, -0.25) is 4.79 Å². The molecule has 1 unspecified atom stereocenters. The average Bonchev–Trinajstić information content (AvgIpc) is 2.38. The smallest absolute Gasteiger partial charge is 0.243 e. The van der Waals surface area contributed by atoms with E-state index in [2.05, 4.69) is 12.2 Å². The third kappa shape index (κ3) is 3.86. The number of para-hydroxylation sites is 1. The van der Waals surface area contributed by atoms with Crippen molar-refractivity contribution in [1.29, 1.82) is 0 Å². The number of carbonyl (C=O) groups is 1. The summed E-state index contributed by atoms with van der Waals surface area (Å²) in [6, 6.07) is 9.67. The molecule has 1 rings (SSSR count). The van der Waals surface area contributed by atoms with Crippen LogP contribution in [0.15, 0.2) is 30.3 Å². The van der Waals surface area contributed by atoms with Crippen LogP contribution in [-0.2, 0) is 4.79 Å². The average molecular weight is 234 g/mol. The Labute approximate surface area is 104 Å². The van der Waals surface area contributed by atoms with Crippen molar-refractivity contribution in [2.45, 2.75) is 33.2 Å². The molecule has 3 nitrogen and oxygen atoms in total. The van der Waals surface area contributed by atoms with Gasteiger partial charge in [0.15, 0.2) is 0 Å². The summed E-state index contributed by atoms with van der Waals surface area (Å²) in [4.78, 5) is 14.1. The molecule has 0 fully saturated rings. The normalized spacial score (nSPS) is 12.2. The summed E-state index contributed by atoms with van der Waals surface area (Å²) in [5, 5.41) is 3.23. The van der Waals surface area contributed by atoms with Crippen LogP contribution in [0.5, 0.6) is 0 Å². The maximum absolute atomic E-state index is 12.2. The van der Waals surface area contributed by atoms with Gasteiger partial charge in [-0.25, -0.2) is 0 Å². The zero-order chi connectivity index (χ0) is 12.7. The van der Waals surface area contributed by atoms with Crippen molar-refractivity contribution in [2.24, 2.45) is 0 Å². The van der Waals surface area contributed by atoms with Gasteiger partial charge in [0.25, 0.3) is 0 Å². The number of carbonyl (C=O) groups excluding carboxylic acids is 1. The van der Waals surface area contributed by atoms with Gasteiger partial charge >= 0.3 is 0 Å². The maximum atomic E-state index is 12.2. The van der Waals surface area contributed by atoms with Crippen LogP contribution >= 0.6 is 0 Å². The first-order valence-corrected chi connectivity index (χ1v) is 6.30. The second kappa shape index (κ2) is 7.07. The molecule has 17 heavy (non-hydrogen) atoms. The van der Waals surface area contributed by atoms with Crippen molar-refractivity contribution >= 4 is 11.6 Å². The molecule has 0 saturated carbocycles. The number of nitrogens with zero attached hydrogens (tertiary/aromatic N) is 1. The van der Waals surface area contributed by atoms with Gasteiger partial charge in [0.1, 0.15) is 0 Å². The molecule has 3 heteroatoms. The lowest BCUT2D eigenvalue weighted by Gasteiger charge is -2.25. The van der Waals surface area contributed by atoms with Crippen LogP contribution in [0.25, 0.3) is 0 Å². The third-order valence-corrected chi connectivity index (χ3v) is 2.72. The molecule has 0 aromatic heterocycles. The Balaban J connectivity index is 2.71. The first-order valence-electron chi connectivity index (χ1n) is 6.30. The number of rotatable bonds is 6. The topological polar surface area (TPSA) is 32.3 Å². The minimum atomic E-state index is -0.130. The summed E-state index contributed by atoms with van der Waals surface area (Å²) < 4.78 is 0. The van der Waals surface area contributed by atoms with Gasteiger partial charge in [-0.1, -0.05) is 25.1 Å². The molecule has 1 aromatic carbocycles. The highest BCUT2D eigenvalue weighted by Crippen LogP contribution is 2.13. The van der Waals surface area contributed by atoms with Gasteiger partial charge in [0.2, 0.25) is 5.91 Å². The zero-order valence-corrected chi connectivity index (χ0v) is 10.9. The van der Waals surface area contributed by atoms with Crippen LogP contribution in [0.3, 0.4) is 0 Å². The van der Waals surface area contributed by atoms with Crippen molar-refractivity contribution in [3.63, 3.8) is 0 Å². The summed E-state index contributed by atoms with van der Waals surface area (Å²) in [6.07, 6.45) is 1.04. The summed E-state index contributed by atoms with van der Waals surface area (Å²) in [5.74, 6) is 0.132. The first-order chi connectivity index (χ1) is 8.20. The molecule has 0 aliphatic rings. The monoisotopic (exact) mass is 234 g/mol. The fourth-order valence-corrected chi connectivity index (χ4v) is 1.76. The Kier molecular flexibility index (Phi) is 5.70. The van der Waals surface area contributed by atoms with Gasteiger partial charge in [-0.2, -0.15) is 0 Å². The molecule has 0 aliphatic heterocycles. The largest absolute Gasteiger partial charge is 0.311 e. The Hall–Kier alpha value is -1.35. The van der Waals surface area contributed by atoms with Crippen molar-refractivity contribution in [3.05, 3.63) is 30.3 Å². The molecule has 0 heterocycles. The highest BCUT2D eigenvalue weighted by Gasteiger charge is 2.19. The minimum Gasteiger partial charge on any atom is -0.311 e. The second-order valence-electron chi connectivity index (χ2n) is 4.09. The summed E-state index contributed by atoms with van der Waals surface area (Å²) in [7, 11) is 0. The number of hydrogen-bond acceptors (Lipinski definition) is 2. The van der Waals surface area contributed by atoms with Crippen LogP contribution in [0.2, 0.25) is 0 Å². The van der Waals surface area contributed by atoms with Gasteiger partial charge in [0, 0.05) is 12.2 Å². The third-order valence-electron chi connectivity index (χ3n) is 2.72. The van der Waals surface area contributed by atoms with E-state index >= 15 is 0 Å². The molecule has 0 radical (unpaired) electrons. The second-order valence-corrected chi connectivity index (χ2v) is 4.09. The van der Waals surface area contributed by atoms with E-state index < -0.39 is 0 Å². The van der Waals surface area contributed by atoms with Gasteiger partial charge in [-0.05, 0) is 38.9 Å². The van der Waals surface area contributed by atoms with Crippen LogP contribution in [0.4, 0.5) is 5.69 Å². The number of likely N-dealkylation sites (N-methyl/N-ethyl adjacent to an activating group) is 1. The van der Waals surface area contributed by atoms with Crippen LogP contribution in [0.1, 0.15) is 27.2 Å². The number of nitrogens with one attached hydrogen (secondary N) is 1. The highest BCUT2D eigenvalue weighted by molar-refractivity contribution is 5.96. The van der Waals surface area contributed by atoms with Crippen LogP contribution in [-0.4, -0.2) is 25.0 Å². The van der Waals surface area contributed by atoms with E-state index in [1.807, 2.05) is 49.1 Å². The molecule has 1 N–H and O–H groups in total. The fourth-order valence-electron chi connectivity index (χ4n) is 1.76. The lowest BCUT2D eigenvalue weighted by molar-refractivity contribution is -0.120. The van der Waals surface area contributed by atoms with Gasteiger partial charge in [0.05, 0.1) is 6.04 Å². The van der Waals surface area contributed by atoms with E-state index in [1.54, 1.807) is 0 Å². The Morgan fingerprint density at radius 2 is 1.94 bits per heavy atom. The Morgan fingerprint density at radius 3 is 2.47 bits per heavy atom. The van der Waals surface area contributed by atoms with E-state index in [0.29, 0.717) is 6.54 Å².